The standard InChI is InChI=1S/C19H14Cl3N3O2S/c20-12-6-5-11(16(22)8-12)7-13-9-24-19(28-13)25-17(26)10-23-18(27)14-3-1-2-4-15(14)21/h1-6,8-9H,7,10H2,(H,23,27)(H,24,25,26). The lowest BCUT2D eigenvalue weighted by molar-refractivity contribution is -0.115. The molecule has 0 atom stereocenters. The van der Waals surface area contributed by atoms with E-state index in [4.69, 9.17) is 34.8 Å². The van der Waals surface area contributed by atoms with Crippen molar-refractivity contribution in [1.29, 1.82) is 0 Å². The summed E-state index contributed by atoms with van der Waals surface area (Å²) >= 11 is 19.4. The zero-order valence-electron chi connectivity index (χ0n) is 14.3. The van der Waals surface area contributed by atoms with E-state index in [-0.39, 0.29) is 12.5 Å². The van der Waals surface area contributed by atoms with Gasteiger partial charge in [0.15, 0.2) is 5.13 Å². The summed E-state index contributed by atoms with van der Waals surface area (Å²) in [6, 6.07) is 11.9. The first-order valence-corrected chi connectivity index (χ1v) is 10.1. The summed E-state index contributed by atoms with van der Waals surface area (Å²) in [5.41, 5.74) is 1.23. The van der Waals surface area contributed by atoms with Crippen LogP contribution in [-0.2, 0) is 11.2 Å². The van der Waals surface area contributed by atoms with E-state index in [0.29, 0.717) is 32.2 Å². The van der Waals surface area contributed by atoms with E-state index in [1.54, 1.807) is 42.6 Å². The average Bonchev–Trinajstić information content (AvgIpc) is 3.09. The van der Waals surface area contributed by atoms with Crippen molar-refractivity contribution in [2.45, 2.75) is 6.42 Å². The number of anilines is 1. The molecule has 0 aliphatic rings. The van der Waals surface area contributed by atoms with Gasteiger partial charge in [-0.15, -0.1) is 11.3 Å². The van der Waals surface area contributed by atoms with E-state index >= 15 is 0 Å². The minimum absolute atomic E-state index is 0.192. The average molecular weight is 455 g/mol. The van der Waals surface area contributed by atoms with Gasteiger partial charge in [-0.05, 0) is 29.8 Å². The number of carbonyl (C=O) groups is 2. The highest BCUT2D eigenvalue weighted by atomic mass is 35.5. The topological polar surface area (TPSA) is 71.1 Å². The van der Waals surface area contributed by atoms with Gasteiger partial charge >= 0.3 is 0 Å². The molecule has 2 aromatic carbocycles. The van der Waals surface area contributed by atoms with E-state index in [1.807, 2.05) is 6.07 Å². The van der Waals surface area contributed by atoms with Crippen molar-refractivity contribution in [3.8, 4) is 0 Å². The maximum absolute atomic E-state index is 12.1. The number of nitrogens with zero attached hydrogens (tertiary/aromatic N) is 1. The number of rotatable bonds is 6. The first kappa shape index (κ1) is 20.6. The molecule has 144 valence electrons. The Kier molecular flexibility index (Phi) is 6.91. The second kappa shape index (κ2) is 9.39. The summed E-state index contributed by atoms with van der Waals surface area (Å²) < 4.78 is 0. The number of nitrogens with one attached hydrogen (secondary N) is 2. The fourth-order valence-electron chi connectivity index (χ4n) is 2.36. The van der Waals surface area contributed by atoms with Crippen molar-refractivity contribution in [3.05, 3.63) is 79.7 Å². The van der Waals surface area contributed by atoms with Gasteiger partial charge in [-0.2, -0.15) is 0 Å². The molecule has 2 N–H and O–H groups in total. The van der Waals surface area contributed by atoms with E-state index in [1.165, 1.54) is 11.3 Å². The third-order valence-corrected chi connectivity index (χ3v) is 5.54. The molecule has 0 aliphatic carbocycles. The lowest BCUT2D eigenvalue weighted by atomic mass is 10.1. The van der Waals surface area contributed by atoms with E-state index < -0.39 is 5.91 Å². The number of aromatic nitrogens is 1. The van der Waals surface area contributed by atoms with Crippen LogP contribution in [0.5, 0.6) is 0 Å². The molecule has 3 aromatic rings. The Morgan fingerprint density at radius 2 is 1.82 bits per heavy atom. The van der Waals surface area contributed by atoms with Crippen LogP contribution in [-0.4, -0.2) is 23.3 Å². The van der Waals surface area contributed by atoms with Crippen LogP contribution >= 0.6 is 46.1 Å². The molecule has 0 radical (unpaired) electrons. The number of hydrogen-bond acceptors (Lipinski definition) is 4. The van der Waals surface area contributed by atoms with Crippen molar-refractivity contribution in [2.75, 3.05) is 11.9 Å². The lowest BCUT2D eigenvalue weighted by Crippen LogP contribution is -2.32. The molecule has 9 heteroatoms. The van der Waals surface area contributed by atoms with Gasteiger partial charge in [0.05, 0.1) is 17.1 Å². The van der Waals surface area contributed by atoms with Crippen LogP contribution in [0.1, 0.15) is 20.8 Å². The molecule has 0 fully saturated rings. The SMILES string of the molecule is O=C(CNC(=O)c1ccccc1Cl)Nc1ncc(Cc2ccc(Cl)cc2Cl)s1. The molecule has 0 spiro atoms. The van der Waals surface area contributed by atoms with Crippen LogP contribution in [0.25, 0.3) is 0 Å². The number of amides is 2. The number of hydrogen-bond donors (Lipinski definition) is 2. The van der Waals surface area contributed by atoms with Crippen molar-refractivity contribution in [2.24, 2.45) is 0 Å². The summed E-state index contributed by atoms with van der Waals surface area (Å²) in [5, 5.41) is 7.11. The minimum Gasteiger partial charge on any atom is -0.343 e. The van der Waals surface area contributed by atoms with Crippen LogP contribution in [0.2, 0.25) is 15.1 Å². The molecule has 0 unspecified atom stereocenters. The molecule has 5 nitrogen and oxygen atoms in total. The van der Waals surface area contributed by atoms with Gasteiger partial charge in [-0.25, -0.2) is 4.98 Å². The maximum Gasteiger partial charge on any atom is 0.253 e. The van der Waals surface area contributed by atoms with Crippen LogP contribution < -0.4 is 10.6 Å². The smallest absolute Gasteiger partial charge is 0.253 e. The van der Waals surface area contributed by atoms with Crippen molar-refractivity contribution in [3.63, 3.8) is 0 Å². The molecular weight excluding hydrogens is 441 g/mol. The fourth-order valence-corrected chi connectivity index (χ4v) is 3.91. The highest BCUT2D eigenvalue weighted by Crippen LogP contribution is 2.26. The summed E-state index contributed by atoms with van der Waals surface area (Å²) in [5.74, 6) is -0.802. The summed E-state index contributed by atoms with van der Waals surface area (Å²) in [6.45, 7) is -0.192. The summed E-state index contributed by atoms with van der Waals surface area (Å²) in [7, 11) is 0. The number of carbonyl (C=O) groups excluding carboxylic acids is 2. The van der Waals surface area contributed by atoms with Gasteiger partial charge in [-0.3, -0.25) is 9.59 Å². The van der Waals surface area contributed by atoms with Crippen LogP contribution in [0, 0.1) is 0 Å². The summed E-state index contributed by atoms with van der Waals surface area (Å²) in [6.07, 6.45) is 2.25. The van der Waals surface area contributed by atoms with E-state index in [2.05, 4.69) is 15.6 Å². The number of halogens is 3. The molecule has 1 heterocycles. The molecular formula is C19H14Cl3N3O2S. The lowest BCUT2D eigenvalue weighted by Gasteiger charge is -2.06. The fraction of sp³-hybridized carbons (Fsp3) is 0.105. The Morgan fingerprint density at radius 3 is 2.57 bits per heavy atom. The Bertz CT molecular complexity index is 1020. The predicted molar refractivity (Wildman–Crippen MR) is 114 cm³/mol. The predicted octanol–water partition coefficient (Wildman–Crippen LogP) is 5.06. The van der Waals surface area contributed by atoms with Crippen LogP contribution in [0.4, 0.5) is 5.13 Å². The van der Waals surface area contributed by atoms with Gasteiger partial charge in [0, 0.05) is 27.5 Å². The Balaban J connectivity index is 1.54. The van der Waals surface area contributed by atoms with Gasteiger partial charge < -0.3 is 10.6 Å². The monoisotopic (exact) mass is 453 g/mol. The minimum atomic E-state index is -0.419. The van der Waals surface area contributed by atoms with E-state index in [0.717, 1.165) is 10.4 Å². The highest BCUT2D eigenvalue weighted by Gasteiger charge is 2.13. The van der Waals surface area contributed by atoms with Gasteiger partial charge in [0.25, 0.3) is 5.91 Å². The molecule has 1 aromatic heterocycles. The molecule has 0 aliphatic heterocycles. The molecule has 0 saturated carbocycles. The number of thiazole rings is 1. The first-order valence-electron chi connectivity index (χ1n) is 8.13. The quantitative estimate of drug-likeness (QED) is 0.547. The maximum atomic E-state index is 12.1. The molecule has 0 saturated heterocycles. The zero-order chi connectivity index (χ0) is 20.1. The Labute approximate surface area is 180 Å². The zero-order valence-corrected chi connectivity index (χ0v) is 17.4. The highest BCUT2D eigenvalue weighted by molar-refractivity contribution is 7.15. The largest absolute Gasteiger partial charge is 0.343 e. The third kappa shape index (κ3) is 5.45. The molecule has 3 rings (SSSR count). The Morgan fingerprint density at radius 1 is 1.04 bits per heavy atom. The molecule has 2 amide bonds. The summed E-state index contributed by atoms with van der Waals surface area (Å²) in [4.78, 5) is 29.3. The van der Waals surface area contributed by atoms with Crippen molar-refractivity contribution in [1.82, 2.24) is 10.3 Å². The Hall–Kier alpha value is -2.12. The molecule has 28 heavy (non-hydrogen) atoms. The molecule has 0 bridgehead atoms. The first-order chi connectivity index (χ1) is 13.4. The van der Waals surface area contributed by atoms with Crippen LogP contribution in [0.3, 0.4) is 0 Å². The van der Waals surface area contributed by atoms with E-state index in [9.17, 15) is 9.59 Å². The van der Waals surface area contributed by atoms with Gasteiger partial charge in [0.1, 0.15) is 0 Å². The normalized spacial score (nSPS) is 10.5. The van der Waals surface area contributed by atoms with Gasteiger partial charge in [-0.1, -0.05) is 53.0 Å². The second-order valence-corrected chi connectivity index (χ2v) is 8.12. The van der Waals surface area contributed by atoms with Crippen LogP contribution in [0.15, 0.2) is 48.7 Å². The van der Waals surface area contributed by atoms with Crippen molar-refractivity contribution < 1.29 is 9.59 Å². The van der Waals surface area contributed by atoms with Crippen molar-refractivity contribution >= 4 is 63.1 Å². The van der Waals surface area contributed by atoms with Gasteiger partial charge in [0.2, 0.25) is 5.91 Å². The third-order valence-electron chi connectivity index (χ3n) is 3.71. The number of benzene rings is 2. The second-order valence-electron chi connectivity index (χ2n) is 5.75.